The van der Waals surface area contributed by atoms with E-state index in [-0.39, 0.29) is 23.4 Å². The fourth-order valence-corrected chi connectivity index (χ4v) is 4.02. The molecule has 27 heavy (non-hydrogen) atoms. The summed E-state index contributed by atoms with van der Waals surface area (Å²) in [6.07, 6.45) is 0.763. The van der Waals surface area contributed by atoms with Gasteiger partial charge >= 0.3 is 0 Å². The minimum atomic E-state index is -3.92. The molecule has 0 saturated carbocycles. The molecule has 0 spiro atoms. The molecule has 2 rings (SSSR count). The zero-order valence-corrected chi connectivity index (χ0v) is 17.6. The second kappa shape index (κ2) is 8.76. The van der Waals surface area contributed by atoms with Crippen LogP contribution in [0.2, 0.25) is 5.02 Å². The maximum atomic E-state index is 13.2. The molecule has 0 aliphatic carbocycles. The van der Waals surface area contributed by atoms with Gasteiger partial charge in [-0.15, -0.1) is 0 Å². The van der Waals surface area contributed by atoms with E-state index in [0.29, 0.717) is 10.7 Å². The molecule has 5 nitrogen and oxygen atoms in total. The fourth-order valence-electron chi connectivity index (χ4n) is 2.48. The normalized spacial score (nSPS) is 12.5. The van der Waals surface area contributed by atoms with E-state index >= 15 is 0 Å². The Balaban J connectivity index is 2.46. The number of aryl methyl sites for hydroxylation is 2. The summed E-state index contributed by atoms with van der Waals surface area (Å²) in [6.45, 7) is 7.40. The Bertz CT molecular complexity index is 911. The van der Waals surface area contributed by atoms with E-state index in [0.717, 1.165) is 21.9 Å². The van der Waals surface area contributed by atoms with Gasteiger partial charge in [-0.05, 0) is 74.7 Å². The first kappa shape index (κ1) is 21.3. The van der Waals surface area contributed by atoms with Gasteiger partial charge in [0.15, 0.2) is 0 Å². The Morgan fingerprint density at radius 3 is 2.30 bits per heavy atom. The van der Waals surface area contributed by atoms with Gasteiger partial charge in [-0.3, -0.25) is 9.10 Å². The van der Waals surface area contributed by atoms with Gasteiger partial charge in [0.05, 0.1) is 10.6 Å². The van der Waals surface area contributed by atoms with Gasteiger partial charge in [0.1, 0.15) is 6.54 Å². The molecule has 0 heterocycles. The van der Waals surface area contributed by atoms with Crippen molar-refractivity contribution in [3.8, 4) is 0 Å². The van der Waals surface area contributed by atoms with Crippen molar-refractivity contribution in [2.45, 2.75) is 45.1 Å². The van der Waals surface area contributed by atoms with E-state index in [1.807, 2.05) is 33.8 Å². The third-order valence-corrected chi connectivity index (χ3v) is 6.53. The van der Waals surface area contributed by atoms with E-state index < -0.39 is 10.0 Å². The maximum Gasteiger partial charge on any atom is 0.264 e. The summed E-state index contributed by atoms with van der Waals surface area (Å²) in [5.41, 5.74) is 2.45. The molecule has 0 fully saturated rings. The van der Waals surface area contributed by atoms with Crippen LogP contribution in [0.1, 0.15) is 31.4 Å². The van der Waals surface area contributed by atoms with Crippen LogP contribution in [-0.2, 0) is 14.8 Å². The number of hydrogen-bond acceptors (Lipinski definition) is 3. The molecule has 0 unspecified atom stereocenters. The van der Waals surface area contributed by atoms with Crippen molar-refractivity contribution in [3.63, 3.8) is 0 Å². The molecule has 0 aromatic heterocycles. The smallest absolute Gasteiger partial charge is 0.264 e. The summed E-state index contributed by atoms with van der Waals surface area (Å²) in [5.74, 6) is -0.347. The highest BCUT2D eigenvalue weighted by Gasteiger charge is 2.27. The number of carbonyl (C=O) groups is 1. The SMILES string of the molecule is CC[C@@H](C)NC(=O)CN(c1ccc(C)c(C)c1)S(=O)(=O)c1ccc(Cl)cc1. The Hall–Kier alpha value is -2.05. The first-order chi connectivity index (χ1) is 12.6. The third-order valence-electron chi connectivity index (χ3n) is 4.49. The second-order valence-electron chi connectivity index (χ2n) is 6.61. The predicted molar refractivity (Wildman–Crippen MR) is 110 cm³/mol. The van der Waals surface area contributed by atoms with Crippen LogP contribution in [0.4, 0.5) is 5.69 Å². The van der Waals surface area contributed by atoms with Crippen LogP contribution in [0.3, 0.4) is 0 Å². The largest absolute Gasteiger partial charge is 0.352 e. The average molecular weight is 409 g/mol. The summed E-state index contributed by atoms with van der Waals surface area (Å²) < 4.78 is 27.6. The van der Waals surface area contributed by atoms with Gasteiger partial charge in [-0.1, -0.05) is 24.6 Å². The van der Waals surface area contributed by atoms with Crippen molar-refractivity contribution in [3.05, 3.63) is 58.6 Å². The number of anilines is 1. The number of rotatable bonds is 7. The highest BCUT2D eigenvalue weighted by molar-refractivity contribution is 7.92. The van der Waals surface area contributed by atoms with Gasteiger partial charge in [-0.2, -0.15) is 0 Å². The number of carbonyl (C=O) groups excluding carboxylic acids is 1. The zero-order chi connectivity index (χ0) is 20.2. The molecular weight excluding hydrogens is 384 g/mol. The number of nitrogens with one attached hydrogen (secondary N) is 1. The quantitative estimate of drug-likeness (QED) is 0.751. The summed E-state index contributed by atoms with van der Waals surface area (Å²) in [4.78, 5) is 12.5. The van der Waals surface area contributed by atoms with Gasteiger partial charge in [0, 0.05) is 11.1 Å². The van der Waals surface area contributed by atoms with Crippen LogP contribution in [-0.4, -0.2) is 26.9 Å². The summed E-state index contributed by atoms with van der Waals surface area (Å²) >= 11 is 5.88. The number of halogens is 1. The second-order valence-corrected chi connectivity index (χ2v) is 8.91. The van der Waals surface area contributed by atoms with Gasteiger partial charge in [-0.25, -0.2) is 8.42 Å². The van der Waals surface area contributed by atoms with E-state index in [1.165, 1.54) is 24.3 Å². The van der Waals surface area contributed by atoms with Crippen LogP contribution >= 0.6 is 11.6 Å². The standard InChI is InChI=1S/C20H25ClN2O3S/c1-5-16(4)22-20(24)13-23(18-9-6-14(2)15(3)12-18)27(25,26)19-10-7-17(21)8-11-19/h6-12,16H,5,13H2,1-4H3,(H,22,24)/t16-/m1/s1. The first-order valence-electron chi connectivity index (χ1n) is 8.80. The Morgan fingerprint density at radius 2 is 1.74 bits per heavy atom. The molecule has 2 aromatic rings. The molecule has 0 aliphatic rings. The van der Waals surface area contributed by atoms with E-state index in [1.54, 1.807) is 12.1 Å². The lowest BCUT2D eigenvalue weighted by molar-refractivity contribution is -0.120. The number of nitrogens with zero attached hydrogens (tertiary/aromatic N) is 1. The molecule has 146 valence electrons. The van der Waals surface area contributed by atoms with Crippen molar-refractivity contribution < 1.29 is 13.2 Å². The Labute approximate surface area is 166 Å². The average Bonchev–Trinajstić information content (AvgIpc) is 2.62. The molecule has 1 N–H and O–H groups in total. The summed E-state index contributed by atoms with van der Waals surface area (Å²) in [5, 5.41) is 3.27. The molecule has 7 heteroatoms. The topological polar surface area (TPSA) is 66.5 Å². The van der Waals surface area contributed by atoms with E-state index in [4.69, 9.17) is 11.6 Å². The fraction of sp³-hybridized carbons (Fsp3) is 0.350. The summed E-state index contributed by atoms with van der Waals surface area (Å²) in [6, 6.07) is 11.2. The van der Waals surface area contributed by atoms with Crippen LogP contribution in [0.15, 0.2) is 47.4 Å². The Kier molecular flexibility index (Phi) is 6.89. The monoisotopic (exact) mass is 408 g/mol. The van der Waals surface area contributed by atoms with Crippen molar-refractivity contribution in [1.82, 2.24) is 5.32 Å². The summed E-state index contributed by atoms with van der Waals surface area (Å²) in [7, 11) is -3.92. The van der Waals surface area contributed by atoms with Crippen LogP contribution < -0.4 is 9.62 Å². The van der Waals surface area contributed by atoms with Crippen LogP contribution in [0.5, 0.6) is 0 Å². The molecule has 1 atom stereocenters. The lowest BCUT2D eigenvalue weighted by Gasteiger charge is -2.25. The van der Waals surface area contributed by atoms with Gasteiger partial charge in [0.25, 0.3) is 10.0 Å². The molecule has 0 bridgehead atoms. The number of benzene rings is 2. The van der Waals surface area contributed by atoms with E-state index in [9.17, 15) is 13.2 Å². The van der Waals surface area contributed by atoms with Crippen molar-refractivity contribution in [2.75, 3.05) is 10.8 Å². The highest BCUT2D eigenvalue weighted by Crippen LogP contribution is 2.26. The molecule has 0 radical (unpaired) electrons. The predicted octanol–water partition coefficient (Wildman–Crippen LogP) is 4.07. The molecule has 0 aliphatic heterocycles. The first-order valence-corrected chi connectivity index (χ1v) is 10.6. The number of amides is 1. The van der Waals surface area contributed by atoms with Crippen molar-refractivity contribution >= 4 is 33.2 Å². The van der Waals surface area contributed by atoms with E-state index in [2.05, 4.69) is 5.32 Å². The third kappa shape index (κ3) is 5.23. The lowest BCUT2D eigenvalue weighted by atomic mass is 10.1. The minimum Gasteiger partial charge on any atom is -0.352 e. The molecule has 1 amide bonds. The highest BCUT2D eigenvalue weighted by atomic mass is 35.5. The maximum absolute atomic E-state index is 13.2. The number of hydrogen-bond donors (Lipinski definition) is 1. The Morgan fingerprint density at radius 1 is 1.11 bits per heavy atom. The van der Waals surface area contributed by atoms with Crippen LogP contribution in [0.25, 0.3) is 0 Å². The van der Waals surface area contributed by atoms with Gasteiger partial charge < -0.3 is 5.32 Å². The minimum absolute atomic E-state index is 0.0302. The van der Waals surface area contributed by atoms with Crippen LogP contribution in [0, 0.1) is 13.8 Å². The molecular formula is C20H25ClN2O3S. The molecule has 0 saturated heterocycles. The van der Waals surface area contributed by atoms with Gasteiger partial charge in [0.2, 0.25) is 5.91 Å². The zero-order valence-electron chi connectivity index (χ0n) is 16.0. The lowest BCUT2D eigenvalue weighted by Crippen LogP contribution is -2.43. The van der Waals surface area contributed by atoms with Crippen molar-refractivity contribution in [2.24, 2.45) is 0 Å². The molecule has 2 aromatic carbocycles. The van der Waals surface area contributed by atoms with Crippen molar-refractivity contribution in [1.29, 1.82) is 0 Å². The number of sulfonamides is 1.